The van der Waals surface area contributed by atoms with Crippen molar-refractivity contribution < 1.29 is 13.6 Å². The van der Waals surface area contributed by atoms with E-state index in [9.17, 15) is 13.6 Å². The molecule has 1 amide bonds. The van der Waals surface area contributed by atoms with Gasteiger partial charge in [0.1, 0.15) is 5.69 Å². The van der Waals surface area contributed by atoms with Crippen molar-refractivity contribution >= 4 is 5.91 Å². The van der Waals surface area contributed by atoms with E-state index in [1.54, 1.807) is 0 Å². The number of alkyl halides is 2. The molecule has 7 heteroatoms. The molecule has 0 spiro atoms. The van der Waals surface area contributed by atoms with E-state index in [0.29, 0.717) is 11.2 Å². The molecule has 0 unspecified atom stereocenters. The molecule has 25 heavy (non-hydrogen) atoms. The third-order valence-corrected chi connectivity index (χ3v) is 4.51. The van der Waals surface area contributed by atoms with Gasteiger partial charge in [0.05, 0.1) is 6.04 Å². The molecule has 5 nitrogen and oxygen atoms in total. The van der Waals surface area contributed by atoms with E-state index in [2.05, 4.69) is 27.4 Å². The fourth-order valence-corrected chi connectivity index (χ4v) is 3.21. The molecular weight excluding hydrogens is 326 g/mol. The Labute approximate surface area is 145 Å². The predicted molar refractivity (Wildman–Crippen MR) is 90.4 cm³/mol. The number of nitrogens with zero attached hydrogens (tertiary/aromatic N) is 3. The number of hydrogen-bond donors (Lipinski definition) is 1. The monoisotopic (exact) mass is 348 g/mol. The van der Waals surface area contributed by atoms with E-state index >= 15 is 0 Å². The molecule has 1 N–H and O–H groups in total. The van der Waals surface area contributed by atoms with Crippen LogP contribution in [0.2, 0.25) is 0 Å². The van der Waals surface area contributed by atoms with Gasteiger partial charge in [-0.1, -0.05) is 36.8 Å². The smallest absolute Gasteiger partial charge is 0.333 e. The van der Waals surface area contributed by atoms with Crippen molar-refractivity contribution in [2.75, 3.05) is 19.6 Å². The highest BCUT2D eigenvalue weighted by Crippen LogP contribution is 2.24. The normalized spacial score (nSPS) is 16.8. The van der Waals surface area contributed by atoms with Gasteiger partial charge in [0, 0.05) is 12.7 Å². The number of nitrogens with one attached hydrogen (secondary N) is 1. The molecule has 1 aromatic heterocycles. The number of rotatable bonds is 6. The summed E-state index contributed by atoms with van der Waals surface area (Å²) in [7, 11) is 0. The number of likely N-dealkylation sites (tertiary alicyclic amines) is 1. The molecule has 2 aromatic rings. The highest BCUT2D eigenvalue weighted by atomic mass is 19.3. The molecule has 1 atom stereocenters. The zero-order valence-electron chi connectivity index (χ0n) is 13.9. The number of carbonyl (C=O) groups is 1. The number of piperidine rings is 1. The highest BCUT2D eigenvalue weighted by Gasteiger charge is 2.23. The maximum absolute atomic E-state index is 12.6. The van der Waals surface area contributed by atoms with E-state index in [0.717, 1.165) is 37.7 Å². The number of hydrogen-bond acceptors (Lipinski definition) is 3. The summed E-state index contributed by atoms with van der Waals surface area (Å²) in [6, 6.07) is 11.4. The summed E-state index contributed by atoms with van der Waals surface area (Å²) >= 11 is 0. The standard InChI is InChI=1S/C18H22F2N4O/c19-18(20)24-12-9-15(22-24)17(25)21-13-16(14-7-3-1-4-8-14)23-10-5-2-6-11-23/h1,3-4,7-9,12,16,18H,2,5-6,10-11,13H2,(H,21,25)/t16-/m1/s1. The average molecular weight is 348 g/mol. The van der Waals surface area contributed by atoms with Crippen LogP contribution in [0.1, 0.15) is 47.9 Å². The fraction of sp³-hybridized carbons (Fsp3) is 0.444. The van der Waals surface area contributed by atoms with Crippen molar-refractivity contribution in [3.63, 3.8) is 0 Å². The third kappa shape index (κ3) is 4.42. The van der Waals surface area contributed by atoms with E-state index in [4.69, 9.17) is 0 Å². The largest absolute Gasteiger partial charge is 0.349 e. The summed E-state index contributed by atoms with van der Waals surface area (Å²) in [5.41, 5.74) is 1.15. The van der Waals surface area contributed by atoms with Gasteiger partial charge >= 0.3 is 6.55 Å². The Hall–Kier alpha value is -2.28. The second kappa shape index (κ2) is 8.20. The minimum Gasteiger partial charge on any atom is -0.349 e. The van der Waals surface area contributed by atoms with Gasteiger partial charge in [-0.05, 0) is 37.6 Å². The molecular formula is C18H22F2N4O. The Balaban J connectivity index is 1.68. The van der Waals surface area contributed by atoms with Crippen molar-refractivity contribution in [3.8, 4) is 0 Å². The van der Waals surface area contributed by atoms with Crippen LogP contribution in [0, 0.1) is 0 Å². The Morgan fingerprint density at radius 2 is 1.84 bits per heavy atom. The number of carbonyl (C=O) groups excluding carboxylic acids is 1. The topological polar surface area (TPSA) is 50.2 Å². The lowest BCUT2D eigenvalue weighted by molar-refractivity contribution is 0.0559. The van der Waals surface area contributed by atoms with E-state index in [1.165, 1.54) is 12.5 Å². The minimum absolute atomic E-state index is 0.00533. The van der Waals surface area contributed by atoms with Crippen LogP contribution in [0.3, 0.4) is 0 Å². The van der Waals surface area contributed by atoms with Crippen LogP contribution in [0.25, 0.3) is 0 Å². The van der Waals surface area contributed by atoms with Crippen molar-refractivity contribution in [2.45, 2.75) is 31.9 Å². The molecule has 0 saturated carbocycles. The number of halogens is 2. The average Bonchev–Trinajstić information content (AvgIpc) is 3.14. The SMILES string of the molecule is O=C(NC[C@H](c1ccccc1)N1CCCCC1)c1ccn(C(F)F)n1. The fourth-order valence-electron chi connectivity index (χ4n) is 3.21. The lowest BCUT2D eigenvalue weighted by Crippen LogP contribution is -2.40. The Kier molecular flexibility index (Phi) is 5.75. The summed E-state index contributed by atoms with van der Waals surface area (Å²) in [6.45, 7) is -0.332. The second-order valence-electron chi connectivity index (χ2n) is 6.19. The quantitative estimate of drug-likeness (QED) is 0.872. The first kappa shape index (κ1) is 17.5. The molecule has 0 bridgehead atoms. The van der Waals surface area contributed by atoms with Gasteiger partial charge in [0.15, 0.2) is 0 Å². The van der Waals surface area contributed by atoms with Crippen molar-refractivity contribution in [2.24, 2.45) is 0 Å². The van der Waals surface area contributed by atoms with Crippen LogP contribution in [0.15, 0.2) is 42.6 Å². The van der Waals surface area contributed by atoms with Crippen LogP contribution < -0.4 is 5.32 Å². The zero-order valence-corrected chi connectivity index (χ0v) is 13.9. The first-order valence-corrected chi connectivity index (χ1v) is 8.55. The van der Waals surface area contributed by atoms with Crippen molar-refractivity contribution in [3.05, 3.63) is 53.9 Å². The van der Waals surface area contributed by atoms with Gasteiger partial charge in [0.25, 0.3) is 5.91 Å². The van der Waals surface area contributed by atoms with E-state index < -0.39 is 12.5 Å². The van der Waals surface area contributed by atoms with Crippen LogP contribution in [0.5, 0.6) is 0 Å². The molecule has 1 aliphatic rings. The van der Waals surface area contributed by atoms with E-state index in [1.807, 2.05) is 18.2 Å². The Morgan fingerprint density at radius 1 is 1.12 bits per heavy atom. The lowest BCUT2D eigenvalue weighted by Gasteiger charge is -2.35. The molecule has 3 rings (SSSR count). The van der Waals surface area contributed by atoms with Crippen LogP contribution in [-0.4, -0.2) is 40.2 Å². The summed E-state index contributed by atoms with van der Waals surface area (Å²) in [6.07, 6.45) is 4.64. The minimum atomic E-state index is -2.74. The predicted octanol–water partition coefficient (Wildman–Crippen LogP) is 3.24. The summed E-state index contributed by atoms with van der Waals surface area (Å²) in [5.74, 6) is -0.433. The summed E-state index contributed by atoms with van der Waals surface area (Å²) < 4.78 is 25.6. The second-order valence-corrected chi connectivity index (χ2v) is 6.19. The molecule has 2 heterocycles. The van der Waals surface area contributed by atoms with Crippen molar-refractivity contribution in [1.82, 2.24) is 20.0 Å². The van der Waals surface area contributed by atoms with E-state index in [-0.39, 0.29) is 11.7 Å². The molecule has 0 aliphatic carbocycles. The molecule has 0 radical (unpaired) electrons. The molecule has 1 aliphatic heterocycles. The van der Waals surface area contributed by atoms with Gasteiger partial charge in [-0.25, -0.2) is 4.68 Å². The number of benzene rings is 1. The van der Waals surface area contributed by atoms with Gasteiger partial charge in [0.2, 0.25) is 0 Å². The lowest BCUT2D eigenvalue weighted by atomic mass is 10.0. The zero-order chi connectivity index (χ0) is 17.6. The van der Waals surface area contributed by atoms with Gasteiger partial charge < -0.3 is 5.32 Å². The van der Waals surface area contributed by atoms with Crippen LogP contribution in [-0.2, 0) is 0 Å². The number of amides is 1. The summed E-state index contributed by atoms with van der Waals surface area (Å²) in [4.78, 5) is 14.6. The highest BCUT2D eigenvalue weighted by molar-refractivity contribution is 5.92. The molecule has 1 saturated heterocycles. The van der Waals surface area contributed by atoms with Gasteiger partial charge in [-0.2, -0.15) is 13.9 Å². The third-order valence-electron chi connectivity index (χ3n) is 4.51. The number of aromatic nitrogens is 2. The molecule has 134 valence electrons. The molecule has 1 fully saturated rings. The molecule has 1 aromatic carbocycles. The van der Waals surface area contributed by atoms with Crippen molar-refractivity contribution in [1.29, 1.82) is 0 Å². The first-order valence-electron chi connectivity index (χ1n) is 8.55. The van der Waals surface area contributed by atoms with Gasteiger partial charge in [-0.15, -0.1) is 0 Å². The maximum atomic E-state index is 12.6. The Bertz CT molecular complexity index is 683. The van der Waals surface area contributed by atoms with Gasteiger partial charge in [-0.3, -0.25) is 9.69 Å². The summed E-state index contributed by atoms with van der Waals surface area (Å²) in [5, 5.41) is 6.46. The van der Waals surface area contributed by atoms with Crippen LogP contribution in [0.4, 0.5) is 8.78 Å². The van der Waals surface area contributed by atoms with Crippen LogP contribution >= 0.6 is 0 Å². The first-order chi connectivity index (χ1) is 12.1. The Morgan fingerprint density at radius 3 is 2.48 bits per heavy atom. The maximum Gasteiger partial charge on any atom is 0.333 e.